The Labute approximate surface area is 280 Å². The van der Waals surface area contributed by atoms with Crippen molar-refractivity contribution in [2.24, 2.45) is 10.2 Å². The summed E-state index contributed by atoms with van der Waals surface area (Å²) in [7, 11) is 1.99. The zero-order chi connectivity index (χ0) is 34.9. The zero-order valence-corrected chi connectivity index (χ0v) is 30.3. The highest BCUT2D eigenvalue weighted by Crippen LogP contribution is 2.52. The molecule has 0 spiro atoms. The highest BCUT2D eigenvalue weighted by molar-refractivity contribution is 7.44. The molecular weight excluding hydrogens is 619 g/mol. The molecule has 47 heavy (non-hydrogen) atoms. The highest BCUT2D eigenvalue weighted by atomic mass is 31.2. The van der Waals surface area contributed by atoms with Crippen molar-refractivity contribution in [1.82, 2.24) is 4.67 Å². The van der Waals surface area contributed by atoms with Crippen molar-refractivity contribution in [1.29, 1.82) is 5.26 Å². The molecule has 13 heteroatoms. The molecule has 12 nitrogen and oxygen atoms in total. The molecule has 1 aliphatic rings. The van der Waals surface area contributed by atoms with Crippen LogP contribution in [0.1, 0.15) is 85.8 Å². The van der Waals surface area contributed by atoms with Crippen molar-refractivity contribution in [3.05, 3.63) is 51.6 Å². The Balaban J connectivity index is 1.89. The second-order valence-corrected chi connectivity index (χ2v) is 13.9. The normalized spacial score (nSPS) is 14.8. The van der Waals surface area contributed by atoms with Crippen molar-refractivity contribution in [2.75, 3.05) is 38.9 Å². The van der Waals surface area contributed by atoms with Gasteiger partial charge in [0.15, 0.2) is 17.2 Å². The summed E-state index contributed by atoms with van der Waals surface area (Å²) in [6.45, 7) is 19.2. The fourth-order valence-electron chi connectivity index (χ4n) is 5.80. The van der Waals surface area contributed by atoms with E-state index >= 15 is 0 Å². The number of hydrogen-bond donors (Lipinski definition) is 0. The van der Waals surface area contributed by atoms with Crippen LogP contribution in [-0.2, 0) is 9.05 Å². The number of nitriles is 1. The zero-order valence-electron chi connectivity index (χ0n) is 29.4. The predicted octanol–water partition coefficient (Wildman–Crippen LogP) is 9.47. The van der Waals surface area contributed by atoms with Gasteiger partial charge in [0.1, 0.15) is 11.8 Å². The third-order valence-corrected chi connectivity index (χ3v) is 9.88. The van der Waals surface area contributed by atoms with Crippen LogP contribution >= 0.6 is 8.53 Å². The Morgan fingerprint density at radius 3 is 2.32 bits per heavy atom. The molecule has 0 radical (unpaired) electrons. The van der Waals surface area contributed by atoms with Gasteiger partial charge in [0.25, 0.3) is 14.2 Å². The number of nitro groups is 1. The number of allylic oxidation sites excluding steroid dienone is 1. The van der Waals surface area contributed by atoms with Crippen molar-refractivity contribution in [3.8, 4) is 17.6 Å². The van der Waals surface area contributed by atoms with Gasteiger partial charge in [0.05, 0.1) is 49.1 Å². The number of ether oxygens (including phenoxy) is 2. The second kappa shape index (κ2) is 17.0. The van der Waals surface area contributed by atoms with Crippen molar-refractivity contribution in [2.45, 2.75) is 92.3 Å². The molecule has 0 saturated heterocycles. The number of benzene rings is 2. The maximum absolute atomic E-state index is 11.2. The molecule has 0 aromatic heterocycles. The van der Waals surface area contributed by atoms with Gasteiger partial charge in [-0.2, -0.15) is 5.26 Å². The summed E-state index contributed by atoms with van der Waals surface area (Å²) < 4.78 is 26.6. The lowest BCUT2D eigenvalue weighted by Gasteiger charge is -2.44. The molecule has 256 valence electrons. The van der Waals surface area contributed by atoms with Gasteiger partial charge in [-0.25, -0.2) is 4.67 Å². The van der Waals surface area contributed by atoms with E-state index < -0.39 is 13.4 Å². The number of anilines is 1. The summed E-state index contributed by atoms with van der Waals surface area (Å²) in [5.74, 6) is 0.937. The van der Waals surface area contributed by atoms with E-state index in [1.54, 1.807) is 14.2 Å². The van der Waals surface area contributed by atoms with Gasteiger partial charge >= 0.3 is 0 Å². The second-order valence-electron chi connectivity index (χ2n) is 12.4. The van der Waals surface area contributed by atoms with E-state index in [0.29, 0.717) is 42.5 Å². The molecule has 1 atom stereocenters. The Morgan fingerprint density at radius 2 is 1.74 bits per heavy atom. The van der Waals surface area contributed by atoms with Gasteiger partial charge in [-0.15, -0.1) is 10.2 Å². The minimum atomic E-state index is -1.14. The van der Waals surface area contributed by atoms with E-state index in [9.17, 15) is 15.4 Å². The summed E-state index contributed by atoms with van der Waals surface area (Å²) in [6, 6.07) is 8.41. The third kappa shape index (κ3) is 9.05. The van der Waals surface area contributed by atoms with Crippen LogP contribution in [0.15, 0.2) is 40.6 Å². The van der Waals surface area contributed by atoms with Crippen LogP contribution in [-0.4, -0.2) is 61.2 Å². The number of fused-ring (bicyclic) bond motifs is 1. The van der Waals surface area contributed by atoms with Crippen molar-refractivity contribution in [3.63, 3.8) is 0 Å². The topological polar surface area (TPSA) is 135 Å². The van der Waals surface area contributed by atoms with Gasteiger partial charge in [-0.1, -0.05) is 13.0 Å². The first-order valence-corrected chi connectivity index (χ1v) is 17.1. The van der Waals surface area contributed by atoms with Crippen LogP contribution in [0, 0.1) is 21.4 Å². The monoisotopic (exact) mass is 668 g/mol. The summed E-state index contributed by atoms with van der Waals surface area (Å²) >= 11 is 0. The minimum absolute atomic E-state index is 0.0393. The molecule has 1 heterocycles. The fourth-order valence-corrected chi connectivity index (χ4v) is 7.52. The van der Waals surface area contributed by atoms with Gasteiger partial charge in [-0.3, -0.25) is 10.1 Å². The minimum Gasteiger partial charge on any atom is -0.494 e. The molecule has 0 amide bonds. The molecular formula is C34H49N6O6P. The van der Waals surface area contributed by atoms with E-state index in [1.165, 1.54) is 18.2 Å². The first kappa shape index (κ1) is 37.8. The quantitative estimate of drug-likeness (QED) is 0.0531. The van der Waals surface area contributed by atoms with Crippen LogP contribution < -0.4 is 14.4 Å². The molecule has 0 aliphatic carbocycles. The maximum atomic E-state index is 11.2. The Hall–Kier alpha value is -3.62. The van der Waals surface area contributed by atoms with Crippen molar-refractivity contribution < 1.29 is 23.4 Å². The van der Waals surface area contributed by atoms with E-state index in [2.05, 4.69) is 74.3 Å². The number of non-ortho nitro benzene ring substituents is 1. The molecule has 0 N–H and O–H groups in total. The standard InChI is InChI=1S/C34H49N6O6P/c1-11-17-45-47(39(23(2)3)24(4)5)46-18-13-12-16-38-29-20-30(43-9)32(33(44-10)31(29)25(6)21-34(38,7)8)37-36-28-15-14-27(40(41)42)19-26(28)22-35/h14-15,19-21,23-24H,11-13,16-18H2,1-10H3/b37-36+. The highest BCUT2D eigenvalue weighted by Gasteiger charge is 2.35. The smallest absolute Gasteiger partial charge is 0.270 e. The lowest BCUT2D eigenvalue weighted by Crippen LogP contribution is -2.45. The number of azo groups is 1. The molecule has 2 aromatic rings. The van der Waals surface area contributed by atoms with Gasteiger partial charge in [-0.05, 0) is 79.4 Å². The largest absolute Gasteiger partial charge is 0.494 e. The van der Waals surface area contributed by atoms with E-state index in [4.69, 9.17) is 18.5 Å². The number of nitro benzene ring substituents is 1. The van der Waals surface area contributed by atoms with Crippen LogP contribution in [0.25, 0.3) is 5.57 Å². The first-order valence-electron chi connectivity index (χ1n) is 16.0. The SMILES string of the molecule is CCCOP(OCCCCN1c2cc(OC)c(/N=N/c3ccc([N+](=O)[O-])cc3C#N)c(OC)c2C(C)=CC1(C)C)N(C(C)C)C(C)C. The molecule has 1 unspecified atom stereocenters. The van der Waals surface area contributed by atoms with Gasteiger partial charge in [0, 0.05) is 42.4 Å². The van der Waals surface area contributed by atoms with Crippen LogP contribution in [0.2, 0.25) is 0 Å². The van der Waals surface area contributed by atoms with E-state index in [-0.39, 0.29) is 22.5 Å². The van der Waals surface area contributed by atoms with Gasteiger partial charge < -0.3 is 23.4 Å². The summed E-state index contributed by atoms with van der Waals surface area (Å²) in [4.78, 5) is 13.0. The third-order valence-electron chi connectivity index (χ3n) is 7.77. The van der Waals surface area contributed by atoms with Gasteiger partial charge in [0.2, 0.25) is 0 Å². The van der Waals surface area contributed by atoms with E-state index in [1.807, 2.05) is 19.1 Å². The lowest BCUT2D eigenvalue weighted by molar-refractivity contribution is -0.384. The molecule has 0 saturated carbocycles. The van der Waals surface area contributed by atoms with Crippen LogP contribution in [0.5, 0.6) is 11.5 Å². The van der Waals surface area contributed by atoms with Crippen LogP contribution in [0.3, 0.4) is 0 Å². The molecule has 3 rings (SSSR count). The van der Waals surface area contributed by atoms with E-state index in [0.717, 1.165) is 42.6 Å². The molecule has 0 bridgehead atoms. The van der Waals surface area contributed by atoms with Crippen LogP contribution in [0.4, 0.5) is 22.7 Å². The molecule has 1 aliphatic heterocycles. The number of hydrogen-bond acceptors (Lipinski definition) is 11. The first-order chi connectivity index (χ1) is 22.3. The Bertz CT molecular complexity index is 1490. The summed E-state index contributed by atoms with van der Waals surface area (Å²) in [5, 5.41) is 29.5. The number of rotatable bonds is 17. The molecule has 0 fully saturated rings. The predicted molar refractivity (Wildman–Crippen MR) is 187 cm³/mol. The average Bonchev–Trinajstić information content (AvgIpc) is 3.01. The Morgan fingerprint density at radius 1 is 1.06 bits per heavy atom. The summed E-state index contributed by atoms with van der Waals surface area (Å²) in [5.41, 5.74) is 2.97. The Kier molecular flexibility index (Phi) is 13.7. The maximum Gasteiger partial charge on any atom is 0.270 e. The molecule has 2 aromatic carbocycles. The van der Waals surface area contributed by atoms with Crippen molar-refractivity contribution >= 4 is 36.8 Å². The summed E-state index contributed by atoms with van der Waals surface area (Å²) in [6.07, 6.45) is 4.91. The number of nitrogens with zero attached hydrogens (tertiary/aromatic N) is 6. The lowest BCUT2D eigenvalue weighted by atomic mass is 9.87. The number of methoxy groups -OCH3 is 2. The number of unbranched alkanes of at least 4 members (excludes halogenated alkanes) is 1. The fraction of sp³-hybridized carbons (Fsp3) is 0.559. The average molecular weight is 669 g/mol.